The highest BCUT2D eigenvalue weighted by atomic mass is 32.1. The number of hydrogen-bond donors (Lipinski definition) is 0. The maximum atomic E-state index is 14.5. The molecule has 0 N–H and O–H groups in total. The highest BCUT2D eigenvalue weighted by molar-refractivity contribution is 7.21. The van der Waals surface area contributed by atoms with Crippen molar-refractivity contribution in [2.45, 2.75) is 51.1 Å². The molecule has 0 bridgehead atoms. The minimum absolute atomic E-state index is 0.127. The van der Waals surface area contributed by atoms with Crippen LogP contribution in [0, 0.1) is 12.7 Å². The summed E-state index contributed by atoms with van der Waals surface area (Å²) < 4.78 is 28.0. The van der Waals surface area contributed by atoms with E-state index in [1.165, 1.54) is 47.8 Å². The minimum atomic E-state index is -0.911. The first-order valence-corrected chi connectivity index (χ1v) is 14.3. The lowest BCUT2D eigenvalue weighted by atomic mass is 9.93. The first-order chi connectivity index (χ1) is 19.8. The van der Waals surface area contributed by atoms with Crippen LogP contribution in [0.25, 0.3) is 15.2 Å². The summed E-state index contributed by atoms with van der Waals surface area (Å²) in [6.45, 7) is 2.96. The highest BCUT2D eigenvalue weighted by Crippen LogP contribution is 2.35. The molecule has 218 valence electrons. The molecule has 5 rings (SSSR count). The molecule has 0 aliphatic carbocycles. The Hall–Kier alpha value is -3.84. The molecule has 0 saturated carbocycles. The predicted molar refractivity (Wildman–Crippen MR) is 153 cm³/mol. The Bertz CT molecular complexity index is 1680. The summed E-state index contributed by atoms with van der Waals surface area (Å²) in [5.74, 6) is -0.554. The van der Waals surface area contributed by atoms with Gasteiger partial charge in [-0.1, -0.05) is 11.3 Å². The lowest BCUT2D eigenvalue weighted by Gasteiger charge is -2.30. The van der Waals surface area contributed by atoms with Gasteiger partial charge in [-0.05, 0) is 50.8 Å². The minimum Gasteiger partial charge on any atom is -0.496 e. The van der Waals surface area contributed by atoms with Crippen LogP contribution in [0.2, 0.25) is 0 Å². The van der Waals surface area contributed by atoms with E-state index in [0.717, 1.165) is 4.57 Å². The summed E-state index contributed by atoms with van der Waals surface area (Å²) in [5, 5.41) is 9.41. The molecule has 1 fully saturated rings. The standard InChI is InChI=1S/C28H33FN6O5S/c1-17-23-25(37)34(21-8-5-13-32(2)24(21)36)28(38)33(27(23)41-26(17)35-30-11-12-31-35)16-18(7-6-14-39-3)20-15-19(29)9-10-22(20)40-4/h9-12,15,18,21H,5-8,13-14,16H2,1-4H3/t18-,21-/m0/s1. The number of amides is 1. The number of fused-ring (bicyclic) bond motifs is 1. The van der Waals surface area contributed by atoms with E-state index in [4.69, 9.17) is 9.47 Å². The normalized spacial score (nSPS) is 16.5. The molecule has 1 amide bonds. The molecule has 1 aliphatic heterocycles. The molecular weight excluding hydrogens is 551 g/mol. The number of nitrogens with zero attached hydrogens (tertiary/aromatic N) is 6. The second-order valence-electron chi connectivity index (χ2n) is 10.2. The summed E-state index contributed by atoms with van der Waals surface area (Å²) in [6.07, 6.45) is 5.33. The Morgan fingerprint density at radius 1 is 1.17 bits per heavy atom. The van der Waals surface area contributed by atoms with Gasteiger partial charge < -0.3 is 14.4 Å². The fraction of sp³-hybridized carbons (Fsp3) is 0.464. The van der Waals surface area contributed by atoms with Crippen LogP contribution in [0.1, 0.15) is 48.8 Å². The zero-order valence-electron chi connectivity index (χ0n) is 23.5. The van der Waals surface area contributed by atoms with E-state index in [0.29, 0.717) is 70.9 Å². The van der Waals surface area contributed by atoms with Crippen molar-refractivity contribution in [1.82, 2.24) is 29.0 Å². The van der Waals surface area contributed by atoms with Gasteiger partial charge in [0.05, 0.1) is 24.9 Å². The smallest absolute Gasteiger partial charge is 0.332 e. The number of piperidine rings is 1. The molecule has 0 unspecified atom stereocenters. The van der Waals surface area contributed by atoms with Crippen LogP contribution in [-0.4, -0.2) is 69.4 Å². The molecule has 4 heterocycles. The van der Waals surface area contributed by atoms with Crippen LogP contribution in [0.15, 0.2) is 40.2 Å². The SMILES string of the molecule is COCCC[C@@H](Cn1c(=O)n([C@H]2CCCN(C)C2=O)c(=O)c2c(C)c(-n3nccn3)sc21)c1cc(F)ccc1OC. The number of rotatable bonds is 10. The Balaban J connectivity index is 1.75. The third-order valence-electron chi connectivity index (χ3n) is 7.70. The number of halogens is 1. The average Bonchev–Trinajstić information content (AvgIpc) is 3.60. The third kappa shape index (κ3) is 5.31. The van der Waals surface area contributed by atoms with Crippen molar-refractivity contribution < 1.29 is 18.7 Å². The molecule has 2 atom stereocenters. The number of aromatic nitrogens is 5. The number of thiophene rings is 1. The van der Waals surface area contributed by atoms with E-state index in [1.807, 2.05) is 0 Å². The summed E-state index contributed by atoms with van der Waals surface area (Å²) in [5.41, 5.74) is 0.132. The van der Waals surface area contributed by atoms with Gasteiger partial charge in [-0.25, -0.2) is 13.8 Å². The third-order valence-corrected chi connectivity index (χ3v) is 8.98. The van der Waals surface area contributed by atoms with Crippen LogP contribution in [0.5, 0.6) is 5.75 Å². The number of carbonyl (C=O) groups is 1. The van der Waals surface area contributed by atoms with Gasteiger partial charge in [-0.15, -0.1) is 4.80 Å². The van der Waals surface area contributed by atoms with Crippen molar-refractivity contribution >= 4 is 27.5 Å². The van der Waals surface area contributed by atoms with Crippen LogP contribution in [0.4, 0.5) is 4.39 Å². The number of ether oxygens (including phenoxy) is 2. The molecule has 4 aromatic rings. The number of methoxy groups -OCH3 is 2. The van der Waals surface area contributed by atoms with Gasteiger partial charge in [-0.2, -0.15) is 10.2 Å². The van der Waals surface area contributed by atoms with Crippen LogP contribution in [0.3, 0.4) is 0 Å². The predicted octanol–water partition coefficient (Wildman–Crippen LogP) is 3.27. The zero-order valence-corrected chi connectivity index (χ0v) is 24.3. The number of benzene rings is 1. The second kappa shape index (κ2) is 12.0. The van der Waals surface area contributed by atoms with E-state index in [-0.39, 0.29) is 18.4 Å². The number of aryl methyl sites for hydroxylation is 1. The molecule has 1 saturated heterocycles. The van der Waals surface area contributed by atoms with E-state index < -0.39 is 23.1 Å². The van der Waals surface area contributed by atoms with E-state index in [9.17, 15) is 18.8 Å². The monoisotopic (exact) mass is 584 g/mol. The van der Waals surface area contributed by atoms with Gasteiger partial charge in [0.25, 0.3) is 5.56 Å². The summed E-state index contributed by atoms with van der Waals surface area (Å²) >= 11 is 1.23. The number of likely N-dealkylation sites (N-methyl/N-ethyl adjacent to an activating group) is 1. The van der Waals surface area contributed by atoms with Crippen molar-refractivity contribution in [3.63, 3.8) is 0 Å². The van der Waals surface area contributed by atoms with Crippen LogP contribution >= 0.6 is 11.3 Å². The van der Waals surface area contributed by atoms with Gasteiger partial charge in [0.1, 0.15) is 27.4 Å². The highest BCUT2D eigenvalue weighted by Gasteiger charge is 2.33. The van der Waals surface area contributed by atoms with Gasteiger partial charge >= 0.3 is 5.69 Å². The molecular formula is C28H33FN6O5S. The summed E-state index contributed by atoms with van der Waals surface area (Å²) in [4.78, 5) is 44.9. The Morgan fingerprint density at radius 2 is 1.93 bits per heavy atom. The molecule has 1 aliphatic rings. The number of hydrogen-bond acceptors (Lipinski definition) is 8. The van der Waals surface area contributed by atoms with E-state index in [1.54, 1.807) is 36.6 Å². The van der Waals surface area contributed by atoms with Gasteiger partial charge in [-0.3, -0.25) is 14.2 Å². The topological polar surface area (TPSA) is 113 Å². The second-order valence-corrected chi connectivity index (χ2v) is 11.2. The Labute approximate surface area is 239 Å². The quantitative estimate of drug-likeness (QED) is 0.263. The van der Waals surface area contributed by atoms with E-state index >= 15 is 0 Å². The van der Waals surface area contributed by atoms with Gasteiger partial charge in [0.15, 0.2) is 0 Å². The van der Waals surface area contributed by atoms with Crippen molar-refractivity contribution in [2.24, 2.45) is 0 Å². The van der Waals surface area contributed by atoms with Crippen molar-refractivity contribution in [3.8, 4) is 10.8 Å². The maximum absolute atomic E-state index is 14.5. The molecule has 11 nitrogen and oxygen atoms in total. The fourth-order valence-electron chi connectivity index (χ4n) is 5.61. The van der Waals surface area contributed by atoms with Crippen molar-refractivity contribution in [3.05, 3.63) is 68.4 Å². The molecule has 1 aromatic carbocycles. The van der Waals surface area contributed by atoms with Gasteiger partial charge in [0, 0.05) is 50.9 Å². The fourth-order valence-corrected chi connectivity index (χ4v) is 6.83. The molecule has 13 heteroatoms. The Kier molecular flexibility index (Phi) is 8.36. The molecule has 3 aromatic heterocycles. The number of likely N-dealkylation sites (tertiary alicyclic amines) is 1. The maximum Gasteiger partial charge on any atom is 0.332 e. The van der Waals surface area contributed by atoms with Crippen molar-refractivity contribution in [1.29, 1.82) is 0 Å². The van der Waals surface area contributed by atoms with E-state index in [2.05, 4.69) is 10.2 Å². The van der Waals surface area contributed by atoms with Crippen molar-refractivity contribution in [2.75, 3.05) is 34.4 Å². The lowest BCUT2D eigenvalue weighted by molar-refractivity contribution is -0.136. The Morgan fingerprint density at radius 3 is 2.63 bits per heavy atom. The number of carbonyl (C=O) groups excluding carboxylic acids is 1. The van der Waals surface area contributed by atoms with Gasteiger partial charge in [0.2, 0.25) is 5.91 Å². The molecule has 0 spiro atoms. The first kappa shape index (κ1) is 28.7. The molecule has 41 heavy (non-hydrogen) atoms. The first-order valence-electron chi connectivity index (χ1n) is 13.5. The van der Waals surface area contributed by atoms with Crippen LogP contribution in [-0.2, 0) is 16.1 Å². The summed E-state index contributed by atoms with van der Waals surface area (Å²) in [7, 11) is 4.81. The summed E-state index contributed by atoms with van der Waals surface area (Å²) in [6, 6.07) is 3.41. The zero-order chi connectivity index (χ0) is 29.3. The van der Waals surface area contributed by atoms with Crippen LogP contribution < -0.4 is 16.0 Å². The largest absolute Gasteiger partial charge is 0.496 e. The average molecular weight is 585 g/mol. The molecule has 0 radical (unpaired) electrons. The lowest BCUT2D eigenvalue weighted by Crippen LogP contribution is -2.49.